The molecule has 0 spiro atoms. The van der Waals surface area contributed by atoms with Crippen LogP contribution in [0.4, 0.5) is 0 Å². The molecule has 0 saturated carbocycles. The maximum Gasteiger partial charge on any atom is 0.358 e. The number of aryl methyl sites for hydroxylation is 1. The number of nitriles is 1. The lowest BCUT2D eigenvalue weighted by Gasteiger charge is -2.07. The van der Waals surface area contributed by atoms with Crippen molar-refractivity contribution in [2.75, 3.05) is 0 Å². The second-order valence-corrected chi connectivity index (χ2v) is 7.80. The molecule has 0 fully saturated rings. The number of oxime groups is 1. The van der Waals surface area contributed by atoms with Gasteiger partial charge in [0.25, 0.3) is 0 Å². The Morgan fingerprint density at radius 2 is 1.81 bits per heavy atom. The van der Waals surface area contributed by atoms with E-state index in [0.717, 1.165) is 11.1 Å². The van der Waals surface area contributed by atoms with Gasteiger partial charge < -0.3 is 0 Å². The predicted octanol–water partition coefficient (Wildman–Crippen LogP) is 4.25. The summed E-state index contributed by atoms with van der Waals surface area (Å²) in [6.45, 7) is 1.91. The van der Waals surface area contributed by atoms with Crippen LogP contribution in [-0.4, -0.2) is 13.5 Å². The molecule has 0 N–H and O–H groups in total. The molecule has 0 bridgehead atoms. The van der Waals surface area contributed by atoms with Gasteiger partial charge in [0, 0.05) is 5.57 Å². The quantitative estimate of drug-likeness (QED) is 0.583. The zero-order chi connectivity index (χ0) is 18.6. The summed E-state index contributed by atoms with van der Waals surface area (Å²) in [6, 6.07) is 17.5. The third-order valence-electron chi connectivity index (χ3n) is 3.69. The maximum absolute atomic E-state index is 12.2. The summed E-state index contributed by atoms with van der Waals surface area (Å²) < 4.78 is 29.3. The average molecular weight is 382 g/mol. The molecule has 1 aliphatic heterocycles. The van der Waals surface area contributed by atoms with Crippen molar-refractivity contribution in [3.63, 3.8) is 0 Å². The molecule has 0 amide bonds. The Labute approximate surface area is 156 Å². The van der Waals surface area contributed by atoms with Crippen LogP contribution in [0.1, 0.15) is 11.1 Å². The molecule has 0 atom stereocenters. The molecule has 0 aromatic heterocycles. The third-order valence-corrected chi connectivity index (χ3v) is 5.60. The van der Waals surface area contributed by atoms with Crippen LogP contribution in [0.3, 0.4) is 0 Å². The fourth-order valence-corrected chi connectivity index (χ4v) is 3.90. The van der Waals surface area contributed by atoms with Gasteiger partial charge in [0.15, 0.2) is 0 Å². The summed E-state index contributed by atoms with van der Waals surface area (Å²) in [5, 5.41) is 15.5. The van der Waals surface area contributed by atoms with Crippen molar-refractivity contribution in [2.24, 2.45) is 5.16 Å². The van der Waals surface area contributed by atoms with Gasteiger partial charge in [-0.25, -0.2) is 0 Å². The minimum absolute atomic E-state index is 0.0187. The monoisotopic (exact) mass is 382 g/mol. The van der Waals surface area contributed by atoms with Crippen molar-refractivity contribution < 1.29 is 12.7 Å². The van der Waals surface area contributed by atoms with Crippen molar-refractivity contribution in [3.05, 3.63) is 82.8 Å². The van der Waals surface area contributed by atoms with Crippen molar-refractivity contribution in [1.82, 2.24) is 0 Å². The predicted molar refractivity (Wildman–Crippen MR) is 103 cm³/mol. The minimum Gasteiger partial charge on any atom is -0.264 e. The Kier molecular flexibility index (Phi) is 5.26. The summed E-state index contributed by atoms with van der Waals surface area (Å²) in [6.07, 6.45) is 1.73. The average Bonchev–Trinajstić information content (AvgIpc) is 3.11. The number of hydrogen-bond acceptors (Lipinski definition) is 6. The fourth-order valence-electron chi connectivity index (χ4n) is 2.39. The van der Waals surface area contributed by atoms with E-state index in [9.17, 15) is 13.7 Å². The Balaban J connectivity index is 1.97. The molecular weight excluding hydrogens is 368 g/mol. The molecule has 2 aromatic carbocycles. The number of hydrogen-bond donors (Lipinski definition) is 0. The topological polar surface area (TPSA) is 79.5 Å². The summed E-state index contributed by atoms with van der Waals surface area (Å²) in [4.78, 5) is 0.0187. The first-order valence-corrected chi connectivity index (χ1v) is 9.92. The second-order valence-electron chi connectivity index (χ2n) is 5.37. The molecule has 0 radical (unpaired) electrons. The summed E-state index contributed by atoms with van der Waals surface area (Å²) in [5.74, 6) is 0. The first kappa shape index (κ1) is 18.0. The van der Waals surface area contributed by atoms with E-state index >= 15 is 0 Å². The maximum atomic E-state index is 12.2. The summed E-state index contributed by atoms with van der Waals surface area (Å²) >= 11 is 1.20. The van der Waals surface area contributed by atoms with Crippen molar-refractivity contribution in [2.45, 2.75) is 11.8 Å². The standard InChI is InChI=1S/C19H14N2O3S2/c1-14-7-5-6-10-16(14)18(13-20)17-11-12-25-19(17)21-24-26(22,23)15-8-3-2-4-9-15/h2-12H,1H3/b18-17-,21-19-. The van der Waals surface area contributed by atoms with Gasteiger partial charge in [-0.05, 0) is 41.7 Å². The van der Waals surface area contributed by atoms with Crippen LogP contribution in [0.5, 0.6) is 0 Å². The van der Waals surface area contributed by atoms with Gasteiger partial charge in [-0.15, -0.1) is 0 Å². The number of rotatable bonds is 4. The van der Waals surface area contributed by atoms with Gasteiger partial charge in [0.1, 0.15) is 16.0 Å². The van der Waals surface area contributed by atoms with E-state index in [0.29, 0.717) is 16.2 Å². The van der Waals surface area contributed by atoms with Gasteiger partial charge >= 0.3 is 10.1 Å². The molecule has 7 heteroatoms. The largest absolute Gasteiger partial charge is 0.358 e. The second kappa shape index (κ2) is 7.60. The molecule has 130 valence electrons. The highest BCUT2D eigenvalue weighted by molar-refractivity contribution is 8.17. The molecule has 26 heavy (non-hydrogen) atoms. The van der Waals surface area contributed by atoms with Gasteiger partial charge in [0.05, 0.1) is 5.57 Å². The highest BCUT2D eigenvalue weighted by Gasteiger charge is 2.21. The Morgan fingerprint density at radius 3 is 2.50 bits per heavy atom. The van der Waals surface area contributed by atoms with E-state index in [1.54, 1.807) is 29.7 Å². The van der Waals surface area contributed by atoms with Crippen LogP contribution in [0, 0.1) is 18.3 Å². The van der Waals surface area contributed by atoms with Gasteiger partial charge in [-0.2, -0.15) is 13.7 Å². The smallest absolute Gasteiger partial charge is 0.264 e. The Hall–Kier alpha value is -2.82. The van der Waals surface area contributed by atoms with Gasteiger partial charge in [-0.3, -0.25) is 4.28 Å². The minimum atomic E-state index is -4.01. The molecule has 2 aromatic rings. The SMILES string of the molecule is Cc1ccccc1/C(C#N)=C1/C=CS/C1=N\OS(=O)(=O)c1ccccc1. The van der Waals surface area contributed by atoms with E-state index in [1.165, 1.54) is 23.9 Å². The number of allylic oxidation sites excluding steroid dienone is 2. The normalized spacial score (nSPS) is 17.2. The van der Waals surface area contributed by atoms with Crippen LogP contribution >= 0.6 is 11.8 Å². The van der Waals surface area contributed by atoms with Crippen LogP contribution in [-0.2, 0) is 14.4 Å². The molecule has 0 unspecified atom stereocenters. The van der Waals surface area contributed by atoms with E-state index in [4.69, 9.17) is 4.28 Å². The zero-order valence-corrected chi connectivity index (χ0v) is 15.4. The highest BCUT2D eigenvalue weighted by Crippen LogP contribution is 2.32. The lowest BCUT2D eigenvalue weighted by atomic mass is 9.97. The van der Waals surface area contributed by atoms with Gasteiger partial charge in [0.2, 0.25) is 0 Å². The summed E-state index contributed by atoms with van der Waals surface area (Å²) in [5.41, 5.74) is 2.67. The van der Waals surface area contributed by atoms with Crippen molar-refractivity contribution >= 4 is 32.5 Å². The lowest BCUT2D eigenvalue weighted by molar-refractivity contribution is 0.340. The van der Waals surface area contributed by atoms with E-state index in [2.05, 4.69) is 11.2 Å². The molecule has 0 aliphatic carbocycles. The molecule has 3 rings (SSSR count). The van der Waals surface area contributed by atoms with Crippen LogP contribution < -0.4 is 0 Å². The van der Waals surface area contributed by atoms with E-state index in [-0.39, 0.29) is 4.90 Å². The van der Waals surface area contributed by atoms with E-state index < -0.39 is 10.1 Å². The first-order valence-electron chi connectivity index (χ1n) is 7.63. The summed E-state index contributed by atoms with van der Waals surface area (Å²) in [7, 11) is -4.01. The Morgan fingerprint density at radius 1 is 1.12 bits per heavy atom. The molecule has 1 heterocycles. The van der Waals surface area contributed by atoms with E-state index in [1.807, 2.05) is 31.2 Å². The third kappa shape index (κ3) is 3.72. The molecule has 5 nitrogen and oxygen atoms in total. The first-order chi connectivity index (χ1) is 12.5. The number of nitrogens with zero attached hydrogens (tertiary/aromatic N) is 2. The zero-order valence-electron chi connectivity index (χ0n) is 13.8. The van der Waals surface area contributed by atoms with Gasteiger partial charge in [-0.1, -0.05) is 59.4 Å². The van der Waals surface area contributed by atoms with Crippen molar-refractivity contribution in [3.8, 4) is 6.07 Å². The molecular formula is C19H14N2O3S2. The molecule has 0 saturated heterocycles. The Bertz CT molecular complexity index is 1060. The van der Waals surface area contributed by atoms with Crippen LogP contribution in [0.2, 0.25) is 0 Å². The van der Waals surface area contributed by atoms with Crippen molar-refractivity contribution in [1.29, 1.82) is 5.26 Å². The highest BCUT2D eigenvalue weighted by atomic mass is 32.2. The van der Waals surface area contributed by atoms with Crippen LogP contribution in [0.25, 0.3) is 5.57 Å². The number of thioether (sulfide) groups is 1. The number of benzene rings is 2. The fraction of sp³-hybridized carbons (Fsp3) is 0.0526. The lowest BCUT2D eigenvalue weighted by Crippen LogP contribution is -2.05. The van der Waals surface area contributed by atoms with Crippen LogP contribution in [0.15, 0.2) is 81.7 Å². The molecule has 1 aliphatic rings.